The Morgan fingerprint density at radius 3 is 2.52 bits per heavy atom. The normalized spacial score (nSPS) is 16.1. The molecule has 2 amide bonds. The van der Waals surface area contributed by atoms with Crippen LogP contribution in [0.2, 0.25) is 5.02 Å². The van der Waals surface area contributed by atoms with E-state index in [1.54, 1.807) is 19.2 Å². The second kappa shape index (κ2) is 9.45. The molecule has 1 aliphatic rings. The SMILES string of the molecule is COc1ccc(C(NC(=O)CC2Sc3ccc(Cl)cc3NC2=O)c2ccccc2)cc1. The molecule has 2 unspecified atom stereocenters. The zero-order chi connectivity index (χ0) is 21.8. The number of benzene rings is 3. The van der Waals surface area contributed by atoms with Gasteiger partial charge in [-0.15, -0.1) is 11.8 Å². The number of rotatable bonds is 6. The number of anilines is 1. The molecule has 3 aromatic rings. The maximum atomic E-state index is 13.0. The minimum Gasteiger partial charge on any atom is -0.497 e. The lowest BCUT2D eigenvalue weighted by molar-refractivity contribution is -0.124. The smallest absolute Gasteiger partial charge is 0.238 e. The largest absolute Gasteiger partial charge is 0.497 e. The number of ether oxygens (including phenoxy) is 1. The zero-order valence-electron chi connectivity index (χ0n) is 16.8. The van der Waals surface area contributed by atoms with Crippen molar-refractivity contribution in [2.75, 3.05) is 12.4 Å². The maximum Gasteiger partial charge on any atom is 0.238 e. The lowest BCUT2D eigenvalue weighted by Crippen LogP contribution is -2.36. The number of nitrogens with one attached hydrogen (secondary N) is 2. The van der Waals surface area contributed by atoms with Gasteiger partial charge in [0.15, 0.2) is 0 Å². The molecule has 0 aliphatic carbocycles. The lowest BCUT2D eigenvalue weighted by atomic mass is 9.98. The highest BCUT2D eigenvalue weighted by Gasteiger charge is 2.30. The first-order valence-electron chi connectivity index (χ1n) is 9.79. The Balaban J connectivity index is 1.51. The van der Waals surface area contributed by atoms with Gasteiger partial charge in [0.05, 0.1) is 24.1 Å². The number of carbonyl (C=O) groups is 2. The fraction of sp³-hybridized carbons (Fsp3) is 0.167. The van der Waals surface area contributed by atoms with Crippen molar-refractivity contribution in [3.63, 3.8) is 0 Å². The number of methoxy groups -OCH3 is 1. The van der Waals surface area contributed by atoms with Crippen LogP contribution >= 0.6 is 23.4 Å². The van der Waals surface area contributed by atoms with Gasteiger partial charge in [0.1, 0.15) is 5.75 Å². The number of amides is 2. The Hall–Kier alpha value is -2.96. The van der Waals surface area contributed by atoms with Crippen LogP contribution in [0.15, 0.2) is 77.7 Å². The van der Waals surface area contributed by atoms with Gasteiger partial charge in [-0.2, -0.15) is 0 Å². The van der Waals surface area contributed by atoms with E-state index in [1.807, 2.05) is 60.7 Å². The van der Waals surface area contributed by atoms with Gasteiger partial charge in [0.25, 0.3) is 0 Å². The van der Waals surface area contributed by atoms with Crippen molar-refractivity contribution in [3.8, 4) is 5.75 Å². The summed E-state index contributed by atoms with van der Waals surface area (Å²) in [6.45, 7) is 0. The predicted molar refractivity (Wildman–Crippen MR) is 124 cm³/mol. The van der Waals surface area contributed by atoms with E-state index in [9.17, 15) is 9.59 Å². The van der Waals surface area contributed by atoms with Gasteiger partial charge < -0.3 is 15.4 Å². The van der Waals surface area contributed by atoms with Crippen LogP contribution in [0.5, 0.6) is 5.75 Å². The second-order valence-electron chi connectivity index (χ2n) is 7.12. The molecule has 0 aromatic heterocycles. The Morgan fingerprint density at radius 2 is 1.81 bits per heavy atom. The molecule has 0 fully saturated rings. The van der Waals surface area contributed by atoms with Gasteiger partial charge in [-0.3, -0.25) is 9.59 Å². The molecule has 0 saturated heterocycles. The third-order valence-corrected chi connectivity index (χ3v) is 6.53. The van der Waals surface area contributed by atoms with Crippen LogP contribution in [0.25, 0.3) is 0 Å². The van der Waals surface area contributed by atoms with Gasteiger partial charge in [-0.05, 0) is 41.5 Å². The van der Waals surface area contributed by atoms with Gasteiger partial charge in [0, 0.05) is 16.3 Å². The summed E-state index contributed by atoms with van der Waals surface area (Å²) in [7, 11) is 1.62. The molecule has 0 spiro atoms. The molecule has 0 bridgehead atoms. The number of thioether (sulfide) groups is 1. The van der Waals surface area contributed by atoms with Crippen LogP contribution in [0.1, 0.15) is 23.6 Å². The Labute approximate surface area is 190 Å². The molecule has 158 valence electrons. The van der Waals surface area contributed by atoms with E-state index in [2.05, 4.69) is 10.6 Å². The zero-order valence-corrected chi connectivity index (χ0v) is 18.4. The fourth-order valence-corrected chi connectivity index (χ4v) is 4.71. The molecule has 4 rings (SSSR count). The fourth-order valence-electron chi connectivity index (χ4n) is 3.45. The quantitative estimate of drug-likeness (QED) is 0.548. The molecule has 0 saturated carbocycles. The summed E-state index contributed by atoms with van der Waals surface area (Å²) >= 11 is 7.38. The van der Waals surface area contributed by atoms with Crippen molar-refractivity contribution in [2.45, 2.75) is 22.6 Å². The maximum absolute atomic E-state index is 13.0. The summed E-state index contributed by atoms with van der Waals surface area (Å²) in [6.07, 6.45) is 0.0675. The van der Waals surface area contributed by atoms with E-state index < -0.39 is 5.25 Å². The summed E-state index contributed by atoms with van der Waals surface area (Å²) in [6, 6.07) is 22.3. The summed E-state index contributed by atoms with van der Waals surface area (Å²) in [5.41, 5.74) is 2.57. The topological polar surface area (TPSA) is 67.4 Å². The molecule has 7 heteroatoms. The average Bonchev–Trinajstić information content (AvgIpc) is 2.79. The van der Waals surface area contributed by atoms with Crippen molar-refractivity contribution in [1.29, 1.82) is 0 Å². The van der Waals surface area contributed by atoms with Crippen molar-refractivity contribution < 1.29 is 14.3 Å². The van der Waals surface area contributed by atoms with E-state index in [0.717, 1.165) is 21.8 Å². The number of hydrogen-bond donors (Lipinski definition) is 2. The average molecular weight is 453 g/mol. The minimum atomic E-state index is -0.513. The first-order valence-corrected chi connectivity index (χ1v) is 11.0. The Morgan fingerprint density at radius 1 is 1.10 bits per heavy atom. The third kappa shape index (κ3) is 5.03. The number of fused-ring (bicyclic) bond motifs is 1. The standard InChI is InChI=1S/C24H21ClN2O3S/c1-30-18-10-7-16(8-11-18)23(15-5-3-2-4-6-15)27-22(28)14-21-24(29)26-19-13-17(25)9-12-20(19)31-21/h2-13,21,23H,14H2,1H3,(H,26,29)(H,27,28). The van der Waals surface area contributed by atoms with Crippen LogP contribution in [0.3, 0.4) is 0 Å². The second-order valence-corrected chi connectivity index (χ2v) is 8.81. The van der Waals surface area contributed by atoms with Crippen LogP contribution in [-0.4, -0.2) is 24.2 Å². The molecule has 5 nitrogen and oxygen atoms in total. The van der Waals surface area contributed by atoms with Crippen molar-refractivity contribution in [1.82, 2.24) is 5.32 Å². The van der Waals surface area contributed by atoms with Gasteiger partial charge >= 0.3 is 0 Å². The van der Waals surface area contributed by atoms with Gasteiger partial charge in [-0.25, -0.2) is 0 Å². The molecule has 3 aromatic carbocycles. The van der Waals surface area contributed by atoms with Crippen LogP contribution in [0, 0.1) is 0 Å². The third-order valence-electron chi connectivity index (χ3n) is 5.02. The number of carbonyl (C=O) groups excluding carboxylic acids is 2. The van der Waals surface area contributed by atoms with E-state index in [4.69, 9.17) is 16.3 Å². The van der Waals surface area contributed by atoms with E-state index in [1.165, 1.54) is 11.8 Å². The summed E-state index contributed by atoms with van der Waals surface area (Å²) in [5.74, 6) is 0.348. The highest BCUT2D eigenvalue weighted by Crippen LogP contribution is 2.38. The van der Waals surface area contributed by atoms with Crippen LogP contribution in [-0.2, 0) is 9.59 Å². The van der Waals surface area contributed by atoms with Crippen LogP contribution < -0.4 is 15.4 Å². The summed E-state index contributed by atoms with van der Waals surface area (Å²) < 4.78 is 5.24. The highest BCUT2D eigenvalue weighted by atomic mass is 35.5. The summed E-state index contributed by atoms with van der Waals surface area (Å²) in [5, 5.41) is 5.98. The highest BCUT2D eigenvalue weighted by molar-refractivity contribution is 8.01. The molecule has 1 heterocycles. The predicted octanol–water partition coefficient (Wildman–Crippen LogP) is 5.06. The first kappa shape index (κ1) is 21.3. The number of halogens is 1. The van der Waals surface area contributed by atoms with Crippen LogP contribution in [0.4, 0.5) is 5.69 Å². The van der Waals surface area contributed by atoms with E-state index in [-0.39, 0.29) is 24.3 Å². The Bertz CT molecular complexity index is 1090. The lowest BCUT2D eigenvalue weighted by Gasteiger charge is -2.25. The summed E-state index contributed by atoms with van der Waals surface area (Å²) in [4.78, 5) is 26.4. The molecule has 0 radical (unpaired) electrons. The minimum absolute atomic E-state index is 0.0675. The molecular weight excluding hydrogens is 432 g/mol. The van der Waals surface area contributed by atoms with Gasteiger partial charge in [-0.1, -0.05) is 54.1 Å². The number of hydrogen-bond acceptors (Lipinski definition) is 4. The molecule has 2 N–H and O–H groups in total. The first-order chi connectivity index (χ1) is 15.0. The van der Waals surface area contributed by atoms with E-state index in [0.29, 0.717) is 10.7 Å². The monoisotopic (exact) mass is 452 g/mol. The van der Waals surface area contributed by atoms with E-state index >= 15 is 0 Å². The van der Waals surface area contributed by atoms with Crippen molar-refractivity contribution in [2.24, 2.45) is 0 Å². The molecular formula is C24H21ClN2O3S. The van der Waals surface area contributed by atoms with Crippen molar-refractivity contribution in [3.05, 3.63) is 88.9 Å². The molecule has 1 aliphatic heterocycles. The molecule has 2 atom stereocenters. The molecule has 31 heavy (non-hydrogen) atoms. The van der Waals surface area contributed by atoms with Gasteiger partial charge in [0.2, 0.25) is 11.8 Å². The Kier molecular flexibility index (Phi) is 6.49. The van der Waals surface area contributed by atoms with Crippen molar-refractivity contribution >= 4 is 40.9 Å².